The monoisotopic (exact) mass is 415 g/mol. The first-order valence-corrected chi connectivity index (χ1v) is 8.41. The third kappa shape index (κ3) is 5.35. The molecule has 150 valence electrons. The minimum Gasteiger partial charge on any atom is -0.497 e. The fourth-order valence-corrected chi connectivity index (χ4v) is 2.58. The molecule has 2 N–H and O–H groups in total. The zero-order valence-electron chi connectivity index (χ0n) is 14.9. The van der Waals surface area contributed by atoms with Gasteiger partial charge >= 0.3 is 6.18 Å². The van der Waals surface area contributed by atoms with Crippen molar-refractivity contribution in [2.24, 2.45) is 0 Å². The van der Waals surface area contributed by atoms with Crippen molar-refractivity contribution in [3.8, 4) is 5.75 Å². The summed E-state index contributed by atoms with van der Waals surface area (Å²) in [5.74, 6) is -0.529. The van der Waals surface area contributed by atoms with Crippen LogP contribution in [0.4, 0.5) is 13.2 Å². The number of aromatic nitrogens is 1. The molecule has 1 unspecified atom stereocenters. The molecule has 0 bridgehead atoms. The van der Waals surface area contributed by atoms with E-state index in [1.807, 2.05) is 0 Å². The van der Waals surface area contributed by atoms with Crippen molar-refractivity contribution in [1.29, 1.82) is 0 Å². The number of hydrogen-bond donors (Lipinski definition) is 2. The Hall–Kier alpha value is -2.81. The molecule has 0 saturated heterocycles. The molecule has 1 atom stereocenters. The Balaban J connectivity index is 2.20. The highest BCUT2D eigenvalue weighted by Crippen LogP contribution is 2.31. The van der Waals surface area contributed by atoms with Crippen molar-refractivity contribution < 1.29 is 27.5 Å². The number of amides is 2. The largest absolute Gasteiger partial charge is 0.497 e. The second kappa shape index (κ2) is 8.92. The topological polar surface area (TPSA) is 80.3 Å². The fraction of sp³-hybridized carbons (Fsp3) is 0.278. The number of rotatable bonds is 6. The number of ether oxygens (including phenoxy) is 1. The summed E-state index contributed by atoms with van der Waals surface area (Å²) >= 11 is 5.89. The van der Waals surface area contributed by atoms with Crippen LogP contribution in [-0.2, 0) is 17.4 Å². The molecule has 2 amide bonds. The van der Waals surface area contributed by atoms with Crippen LogP contribution >= 0.6 is 11.6 Å². The molecule has 0 spiro atoms. The summed E-state index contributed by atoms with van der Waals surface area (Å²) in [6.45, 7) is 0. The van der Waals surface area contributed by atoms with Gasteiger partial charge in [-0.05, 0) is 30.3 Å². The summed E-state index contributed by atoms with van der Waals surface area (Å²) in [7, 11) is 2.86. The molecule has 0 fully saturated rings. The zero-order valence-corrected chi connectivity index (χ0v) is 15.7. The Morgan fingerprint density at radius 1 is 1.25 bits per heavy atom. The first-order chi connectivity index (χ1) is 13.2. The Bertz CT molecular complexity index is 857. The number of carbonyl (C=O) groups is 2. The maximum absolute atomic E-state index is 12.7. The first-order valence-electron chi connectivity index (χ1n) is 8.03. The second-order valence-corrected chi connectivity index (χ2v) is 6.13. The third-order valence-electron chi connectivity index (χ3n) is 3.86. The van der Waals surface area contributed by atoms with Gasteiger partial charge in [-0.3, -0.25) is 14.6 Å². The van der Waals surface area contributed by atoms with Gasteiger partial charge in [0, 0.05) is 25.2 Å². The molecule has 0 saturated carbocycles. The lowest BCUT2D eigenvalue weighted by Gasteiger charge is -2.18. The van der Waals surface area contributed by atoms with Gasteiger partial charge in [0.05, 0.1) is 23.4 Å². The molecule has 10 heteroatoms. The fourth-order valence-electron chi connectivity index (χ4n) is 2.33. The standard InChI is InChI=1S/C18H17ClF3N3O3/c1-23-17(27)15(25-16(26)10-3-5-12(28-2)6-4-10)8-14-13(19)7-11(9-24-14)18(20,21)22/h3-7,9,15H,8H2,1-2H3,(H,23,27)(H,25,26). The van der Waals surface area contributed by atoms with Gasteiger partial charge in [-0.2, -0.15) is 13.2 Å². The highest BCUT2D eigenvalue weighted by molar-refractivity contribution is 6.31. The average molecular weight is 416 g/mol. The van der Waals surface area contributed by atoms with Crippen LogP contribution in [0.3, 0.4) is 0 Å². The van der Waals surface area contributed by atoms with E-state index in [1.165, 1.54) is 26.3 Å². The summed E-state index contributed by atoms with van der Waals surface area (Å²) in [5, 5.41) is 4.67. The van der Waals surface area contributed by atoms with Crippen LogP contribution in [0.15, 0.2) is 36.5 Å². The Labute approximate surface area is 164 Å². The summed E-state index contributed by atoms with van der Waals surface area (Å²) in [6.07, 6.45) is -4.14. The van der Waals surface area contributed by atoms with Crippen LogP contribution in [-0.4, -0.2) is 37.0 Å². The quantitative estimate of drug-likeness (QED) is 0.760. The minimum absolute atomic E-state index is 0.0540. The van der Waals surface area contributed by atoms with Crippen molar-refractivity contribution >= 4 is 23.4 Å². The van der Waals surface area contributed by atoms with E-state index in [0.717, 1.165) is 6.07 Å². The van der Waals surface area contributed by atoms with Crippen LogP contribution in [0.2, 0.25) is 5.02 Å². The molecule has 28 heavy (non-hydrogen) atoms. The Kier molecular flexibility index (Phi) is 6.85. The molecule has 6 nitrogen and oxygen atoms in total. The second-order valence-electron chi connectivity index (χ2n) is 5.72. The van der Waals surface area contributed by atoms with Crippen molar-refractivity contribution in [3.05, 3.63) is 58.4 Å². The van der Waals surface area contributed by atoms with E-state index in [4.69, 9.17) is 16.3 Å². The molecule has 0 aliphatic rings. The number of hydrogen-bond acceptors (Lipinski definition) is 4. The van der Waals surface area contributed by atoms with Crippen LogP contribution in [0.5, 0.6) is 5.75 Å². The van der Waals surface area contributed by atoms with Crippen molar-refractivity contribution in [2.75, 3.05) is 14.2 Å². The number of nitrogens with zero attached hydrogens (tertiary/aromatic N) is 1. The molecule has 1 aromatic carbocycles. The van der Waals surface area contributed by atoms with Crippen LogP contribution in [0, 0.1) is 0 Å². The molecule has 2 rings (SSSR count). The lowest BCUT2D eigenvalue weighted by atomic mass is 10.1. The number of alkyl halides is 3. The van der Waals surface area contributed by atoms with E-state index in [9.17, 15) is 22.8 Å². The molecular formula is C18H17ClF3N3O3. The van der Waals surface area contributed by atoms with Crippen LogP contribution in [0.1, 0.15) is 21.6 Å². The molecule has 0 radical (unpaired) electrons. The normalized spacial score (nSPS) is 12.2. The summed E-state index contributed by atoms with van der Waals surface area (Å²) < 4.78 is 43.2. The summed E-state index contributed by atoms with van der Waals surface area (Å²) in [5.41, 5.74) is -0.667. The third-order valence-corrected chi connectivity index (χ3v) is 4.19. The molecule has 0 aliphatic carbocycles. The number of likely N-dealkylation sites (N-methyl/N-ethyl adjacent to an activating group) is 1. The highest BCUT2D eigenvalue weighted by Gasteiger charge is 2.32. The lowest BCUT2D eigenvalue weighted by Crippen LogP contribution is -2.47. The number of pyridine rings is 1. The van der Waals surface area contributed by atoms with Gasteiger partial charge in [0.15, 0.2) is 0 Å². The van der Waals surface area contributed by atoms with Gasteiger partial charge in [-0.25, -0.2) is 0 Å². The van der Waals surface area contributed by atoms with E-state index in [-0.39, 0.29) is 22.7 Å². The number of methoxy groups -OCH3 is 1. The maximum atomic E-state index is 12.7. The van der Waals surface area contributed by atoms with Crippen LogP contribution < -0.4 is 15.4 Å². The lowest BCUT2D eigenvalue weighted by molar-refractivity contribution is -0.137. The van der Waals surface area contributed by atoms with E-state index in [0.29, 0.717) is 11.9 Å². The van der Waals surface area contributed by atoms with E-state index in [1.54, 1.807) is 12.1 Å². The van der Waals surface area contributed by atoms with Gasteiger partial charge in [0.25, 0.3) is 5.91 Å². The van der Waals surface area contributed by atoms with Crippen molar-refractivity contribution in [2.45, 2.75) is 18.6 Å². The van der Waals surface area contributed by atoms with E-state index < -0.39 is 29.6 Å². The SMILES string of the molecule is CNC(=O)C(Cc1ncc(C(F)(F)F)cc1Cl)NC(=O)c1ccc(OC)cc1. The Morgan fingerprint density at radius 3 is 2.39 bits per heavy atom. The smallest absolute Gasteiger partial charge is 0.417 e. The molecular weight excluding hydrogens is 399 g/mol. The number of carbonyl (C=O) groups excluding carboxylic acids is 2. The number of nitrogens with one attached hydrogen (secondary N) is 2. The van der Waals surface area contributed by atoms with Crippen molar-refractivity contribution in [3.63, 3.8) is 0 Å². The van der Waals surface area contributed by atoms with Gasteiger partial charge in [-0.1, -0.05) is 11.6 Å². The van der Waals surface area contributed by atoms with Gasteiger partial charge in [0.2, 0.25) is 5.91 Å². The maximum Gasteiger partial charge on any atom is 0.417 e. The molecule has 1 aromatic heterocycles. The number of halogens is 4. The zero-order chi connectivity index (χ0) is 20.9. The predicted octanol–water partition coefficient (Wildman–Crippen LogP) is 2.85. The van der Waals surface area contributed by atoms with Crippen LogP contribution in [0.25, 0.3) is 0 Å². The summed E-state index contributed by atoms with van der Waals surface area (Å²) in [4.78, 5) is 28.2. The summed E-state index contributed by atoms with van der Waals surface area (Å²) in [6, 6.07) is 5.84. The van der Waals surface area contributed by atoms with Gasteiger partial charge in [0.1, 0.15) is 11.8 Å². The molecule has 1 heterocycles. The van der Waals surface area contributed by atoms with Gasteiger partial charge < -0.3 is 15.4 Å². The Morgan fingerprint density at radius 2 is 1.89 bits per heavy atom. The van der Waals surface area contributed by atoms with E-state index in [2.05, 4.69) is 15.6 Å². The molecule has 2 aromatic rings. The van der Waals surface area contributed by atoms with Crippen molar-refractivity contribution in [1.82, 2.24) is 15.6 Å². The predicted molar refractivity (Wildman–Crippen MR) is 96.3 cm³/mol. The average Bonchev–Trinajstić information content (AvgIpc) is 2.67. The highest BCUT2D eigenvalue weighted by atomic mass is 35.5. The minimum atomic E-state index is -4.59. The van der Waals surface area contributed by atoms with E-state index >= 15 is 0 Å². The van der Waals surface area contributed by atoms with Gasteiger partial charge in [-0.15, -0.1) is 0 Å². The first kappa shape index (κ1) is 21.5. The molecule has 0 aliphatic heterocycles. The number of benzene rings is 1.